The van der Waals surface area contributed by atoms with E-state index >= 15 is 0 Å². The fourth-order valence-electron chi connectivity index (χ4n) is 1.38. The van der Waals surface area contributed by atoms with Crippen LogP contribution in [0, 0.1) is 0 Å². The highest BCUT2D eigenvalue weighted by atomic mass is 35.5. The Hall–Kier alpha value is -0.513. The van der Waals surface area contributed by atoms with E-state index in [1.165, 1.54) is 0 Å². The highest BCUT2D eigenvalue weighted by molar-refractivity contribution is 6.89. The van der Waals surface area contributed by atoms with Crippen molar-refractivity contribution in [2.75, 3.05) is 0 Å². The van der Waals surface area contributed by atoms with Crippen molar-refractivity contribution >= 4 is 42.4 Å². The van der Waals surface area contributed by atoms with E-state index in [0.717, 1.165) is 5.19 Å². The fourth-order valence-corrected chi connectivity index (χ4v) is 3.43. The van der Waals surface area contributed by atoms with Crippen molar-refractivity contribution < 1.29 is 9.90 Å². The number of rotatable bonds is 2. The summed E-state index contributed by atoms with van der Waals surface area (Å²) in [4.78, 5) is 11.1. The largest absolute Gasteiger partial charge is 0.478 e. The van der Waals surface area contributed by atoms with Crippen LogP contribution >= 0.6 is 23.2 Å². The lowest BCUT2D eigenvalue weighted by molar-refractivity contribution is 0.0698. The van der Waals surface area contributed by atoms with Crippen LogP contribution < -0.4 is 5.19 Å². The van der Waals surface area contributed by atoms with Gasteiger partial charge in [0.25, 0.3) is 0 Å². The summed E-state index contributed by atoms with van der Waals surface area (Å²) in [6, 6.07) is 3.42. The average molecular weight is 263 g/mol. The molecule has 15 heavy (non-hydrogen) atoms. The molecule has 0 radical (unpaired) electrons. The molecular formula is C10H12Cl2O2Si. The van der Waals surface area contributed by atoms with Gasteiger partial charge in [-0.25, -0.2) is 4.79 Å². The van der Waals surface area contributed by atoms with Gasteiger partial charge in [0.2, 0.25) is 0 Å². The quantitative estimate of drug-likeness (QED) is 0.832. The average Bonchev–Trinajstić information content (AvgIpc) is 2.06. The Kier molecular flexibility index (Phi) is 3.48. The predicted octanol–water partition coefficient (Wildman–Crippen LogP) is 3.24. The third-order valence-corrected chi connectivity index (χ3v) is 4.95. The molecule has 0 aliphatic heterocycles. The third-order valence-electron chi connectivity index (χ3n) is 2.12. The van der Waals surface area contributed by atoms with Gasteiger partial charge in [-0.1, -0.05) is 48.9 Å². The lowest BCUT2D eigenvalue weighted by Gasteiger charge is -2.20. The minimum atomic E-state index is -1.72. The number of halogens is 2. The van der Waals surface area contributed by atoms with E-state index in [4.69, 9.17) is 28.3 Å². The topological polar surface area (TPSA) is 37.3 Å². The Morgan fingerprint density at radius 3 is 2.20 bits per heavy atom. The summed E-state index contributed by atoms with van der Waals surface area (Å²) < 4.78 is 0. The molecule has 0 spiro atoms. The first-order valence-corrected chi connectivity index (χ1v) is 8.72. The standard InChI is InChI=1S/C10H12Cl2O2Si/c1-15(2,3)7-5-4-6(11)9(12)8(7)10(13)14/h4-5H,1-3H3,(H,13,14). The van der Waals surface area contributed by atoms with Crippen molar-refractivity contribution in [1.82, 2.24) is 0 Å². The van der Waals surface area contributed by atoms with Gasteiger partial charge in [0.1, 0.15) is 0 Å². The molecular weight excluding hydrogens is 251 g/mol. The van der Waals surface area contributed by atoms with E-state index in [2.05, 4.69) is 19.6 Å². The van der Waals surface area contributed by atoms with E-state index in [1.807, 2.05) is 0 Å². The molecule has 0 aromatic heterocycles. The summed E-state index contributed by atoms with van der Waals surface area (Å²) in [5.74, 6) is -1.01. The first kappa shape index (κ1) is 12.6. The second kappa shape index (κ2) is 4.16. The first-order valence-electron chi connectivity index (χ1n) is 4.47. The first-order chi connectivity index (χ1) is 6.75. The summed E-state index contributed by atoms with van der Waals surface area (Å²) >= 11 is 11.7. The van der Waals surface area contributed by atoms with E-state index in [0.29, 0.717) is 0 Å². The predicted molar refractivity (Wildman–Crippen MR) is 66.4 cm³/mol. The van der Waals surface area contributed by atoms with Gasteiger partial charge >= 0.3 is 5.97 Å². The summed E-state index contributed by atoms with van der Waals surface area (Å²) in [5.41, 5.74) is 0.156. The van der Waals surface area contributed by atoms with Crippen LogP contribution in [0.25, 0.3) is 0 Å². The summed E-state index contributed by atoms with van der Waals surface area (Å²) in [7, 11) is -1.72. The minimum Gasteiger partial charge on any atom is -0.478 e. The van der Waals surface area contributed by atoms with Crippen LogP contribution in [-0.2, 0) is 0 Å². The second-order valence-corrected chi connectivity index (χ2v) is 10.2. The molecule has 5 heteroatoms. The number of carboxylic acid groups (broad SMARTS) is 1. The van der Waals surface area contributed by atoms with Crippen molar-refractivity contribution in [3.8, 4) is 0 Å². The molecule has 0 unspecified atom stereocenters. The molecule has 0 bridgehead atoms. The summed E-state index contributed by atoms with van der Waals surface area (Å²) in [6.07, 6.45) is 0. The van der Waals surface area contributed by atoms with Crippen LogP contribution in [0.1, 0.15) is 10.4 Å². The SMILES string of the molecule is C[Si](C)(C)c1ccc(Cl)c(Cl)c1C(=O)O. The van der Waals surface area contributed by atoms with Gasteiger partial charge in [-0.2, -0.15) is 0 Å². The van der Waals surface area contributed by atoms with Gasteiger partial charge < -0.3 is 5.11 Å². The van der Waals surface area contributed by atoms with Crippen LogP contribution in [0.2, 0.25) is 29.7 Å². The number of hydrogen-bond acceptors (Lipinski definition) is 1. The van der Waals surface area contributed by atoms with Crippen LogP contribution in [0.15, 0.2) is 12.1 Å². The van der Waals surface area contributed by atoms with E-state index < -0.39 is 14.0 Å². The Bertz CT molecular complexity index is 411. The highest BCUT2D eigenvalue weighted by Gasteiger charge is 2.26. The van der Waals surface area contributed by atoms with E-state index in [9.17, 15) is 4.79 Å². The maximum atomic E-state index is 11.1. The zero-order valence-corrected chi connectivity index (χ0v) is 11.3. The monoisotopic (exact) mass is 262 g/mol. The lowest BCUT2D eigenvalue weighted by Crippen LogP contribution is -2.41. The van der Waals surface area contributed by atoms with Crippen molar-refractivity contribution in [3.63, 3.8) is 0 Å². The number of benzene rings is 1. The molecule has 0 saturated carbocycles. The van der Waals surface area contributed by atoms with Crippen molar-refractivity contribution in [2.24, 2.45) is 0 Å². The number of carbonyl (C=O) groups is 1. The molecule has 1 rings (SSSR count). The van der Waals surface area contributed by atoms with Gasteiger partial charge in [0, 0.05) is 0 Å². The molecule has 1 aromatic carbocycles. The number of hydrogen-bond donors (Lipinski definition) is 1. The molecule has 1 N–H and O–H groups in total. The van der Waals surface area contributed by atoms with Crippen LogP contribution in [-0.4, -0.2) is 19.1 Å². The van der Waals surface area contributed by atoms with E-state index in [-0.39, 0.29) is 15.6 Å². The molecule has 0 fully saturated rings. The molecule has 82 valence electrons. The van der Waals surface area contributed by atoms with Gasteiger partial charge in [-0.3, -0.25) is 0 Å². The number of aromatic carboxylic acids is 1. The highest BCUT2D eigenvalue weighted by Crippen LogP contribution is 2.26. The molecule has 0 heterocycles. The summed E-state index contributed by atoms with van der Waals surface area (Å²) in [5, 5.41) is 10.4. The van der Waals surface area contributed by atoms with Gasteiger partial charge in [0.15, 0.2) is 0 Å². The molecule has 0 amide bonds. The maximum absolute atomic E-state index is 11.1. The smallest absolute Gasteiger partial charge is 0.337 e. The van der Waals surface area contributed by atoms with Crippen molar-refractivity contribution in [3.05, 3.63) is 27.7 Å². The van der Waals surface area contributed by atoms with Crippen LogP contribution in [0.3, 0.4) is 0 Å². The second-order valence-electron chi connectivity index (χ2n) is 4.34. The normalized spacial score (nSPS) is 11.5. The fraction of sp³-hybridized carbons (Fsp3) is 0.300. The Labute approximate surface area is 99.8 Å². The lowest BCUT2D eigenvalue weighted by atomic mass is 10.2. The van der Waals surface area contributed by atoms with Crippen LogP contribution in [0.4, 0.5) is 0 Å². The Balaban J connectivity index is 3.55. The molecule has 0 saturated heterocycles. The maximum Gasteiger partial charge on any atom is 0.337 e. The Morgan fingerprint density at radius 2 is 1.80 bits per heavy atom. The molecule has 0 atom stereocenters. The van der Waals surface area contributed by atoms with Gasteiger partial charge in [-0.05, 0) is 11.3 Å². The van der Waals surface area contributed by atoms with Gasteiger partial charge in [-0.15, -0.1) is 0 Å². The minimum absolute atomic E-state index is 0.143. The van der Waals surface area contributed by atoms with Crippen molar-refractivity contribution in [2.45, 2.75) is 19.6 Å². The molecule has 1 aromatic rings. The summed E-state index contributed by atoms with van der Waals surface area (Å²) in [6.45, 7) is 6.21. The van der Waals surface area contributed by atoms with Gasteiger partial charge in [0.05, 0.1) is 23.7 Å². The van der Waals surface area contributed by atoms with Crippen molar-refractivity contribution in [1.29, 1.82) is 0 Å². The Morgan fingerprint density at radius 1 is 1.27 bits per heavy atom. The molecule has 0 aliphatic rings. The zero-order chi connectivity index (χ0) is 11.8. The van der Waals surface area contributed by atoms with E-state index in [1.54, 1.807) is 12.1 Å². The molecule has 2 nitrogen and oxygen atoms in total. The number of carboxylic acids is 1. The van der Waals surface area contributed by atoms with Crippen LogP contribution in [0.5, 0.6) is 0 Å². The third kappa shape index (κ3) is 2.54. The zero-order valence-electron chi connectivity index (χ0n) is 8.77. The molecule has 0 aliphatic carbocycles.